The minimum atomic E-state index is -0.812. The van der Waals surface area contributed by atoms with Crippen molar-refractivity contribution < 1.29 is 18.7 Å². The predicted molar refractivity (Wildman–Crippen MR) is 137 cm³/mol. The summed E-state index contributed by atoms with van der Waals surface area (Å²) in [7, 11) is 0. The highest BCUT2D eigenvalue weighted by Crippen LogP contribution is 2.33. The molecule has 0 bridgehead atoms. The van der Waals surface area contributed by atoms with Crippen molar-refractivity contribution in [1.82, 2.24) is 4.98 Å². The second kappa shape index (κ2) is 10.2. The quantitative estimate of drug-likeness (QED) is 0.218. The number of aromatic nitrogens is 1. The fourth-order valence-corrected chi connectivity index (χ4v) is 4.10. The van der Waals surface area contributed by atoms with E-state index in [0.29, 0.717) is 40.5 Å². The molecule has 0 spiro atoms. The highest BCUT2D eigenvalue weighted by atomic mass is 32.1. The number of thiazole rings is 1. The van der Waals surface area contributed by atoms with Crippen LogP contribution >= 0.6 is 11.3 Å². The number of hydrogen-bond donors (Lipinski definition) is 3. The normalized spacial score (nSPS) is 11.8. The van der Waals surface area contributed by atoms with Crippen LogP contribution in [-0.4, -0.2) is 34.4 Å². The fraction of sp³-hybridized carbons (Fsp3) is 0.192. The lowest BCUT2D eigenvalue weighted by Gasteiger charge is -2.15. The number of nitrogen functional groups attached to an aromatic ring is 1. The van der Waals surface area contributed by atoms with Crippen molar-refractivity contribution in [2.45, 2.75) is 25.9 Å². The van der Waals surface area contributed by atoms with E-state index < -0.39 is 11.5 Å². The average Bonchev–Trinajstić information content (AvgIpc) is 3.51. The molecule has 4 rings (SSSR count). The van der Waals surface area contributed by atoms with Gasteiger partial charge in [0.15, 0.2) is 0 Å². The minimum Gasteiger partial charge on any atom is -0.472 e. The number of aliphatic imine (C=N–C) groups is 1. The molecule has 0 saturated heterocycles. The summed E-state index contributed by atoms with van der Waals surface area (Å²) in [6.45, 7) is 3.88. The number of halogens is 1. The summed E-state index contributed by atoms with van der Waals surface area (Å²) in [5, 5.41) is 15.1. The summed E-state index contributed by atoms with van der Waals surface area (Å²) >= 11 is 1.30. The van der Waals surface area contributed by atoms with Gasteiger partial charge in [-0.05, 0) is 62.7 Å². The van der Waals surface area contributed by atoms with Crippen molar-refractivity contribution in [2.24, 2.45) is 4.99 Å². The third-order valence-corrected chi connectivity index (χ3v) is 6.11. The van der Waals surface area contributed by atoms with Crippen LogP contribution in [0, 0.1) is 5.82 Å². The maximum Gasteiger partial charge on any atom is 0.275 e. The number of hydrogen-bond acceptors (Lipinski definition) is 7. The molecule has 7 nitrogen and oxygen atoms in total. The van der Waals surface area contributed by atoms with Crippen molar-refractivity contribution >= 4 is 34.8 Å². The summed E-state index contributed by atoms with van der Waals surface area (Å²) in [6, 6.07) is 11.2. The predicted octanol–water partition coefficient (Wildman–Crippen LogP) is 5.62. The second-order valence-electron chi connectivity index (χ2n) is 8.64. The largest absolute Gasteiger partial charge is 0.472 e. The molecule has 2 heterocycles. The molecular formula is C26H25FN4O3S. The van der Waals surface area contributed by atoms with Crippen LogP contribution in [0.2, 0.25) is 0 Å². The Morgan fingerprint density at radius 1 is 1.26 bits per heavy atom. The molecule has 0 radical (unpaired) electrons. The summed E-state index contributed by atoms with van der Waals surface area (Å²) in [4.78, 5) is 21.8. The molecule has 35 heavy (non-hydrogen) atoms. The van der Waals surface area contributed by atoms with Gasteiger partial charge >= 0.3 is 0 Å². The van der Waals surface area contributed by atoms with E-state index in [0.717, 1.165) is 11.1 Å². The molecule has 0 atom stereocenters. The summed E-state index contributed by atoms with van der Waals surface area (Å²) < 4.78 is 18.4. The molecule has 0 unspecified atom stereocenters. The number of carbonyl (C=O) groups is 1. The molecule has 0 aliphatic rings. The Kier molecular flexibility index (Phi) is 7.09. The number of nitrogens with zero attached hydrogens (tertiary/aromatic N) is 2. The Hall–Kier alpha value is -3.82. The molecule has 180 valence electrons. The van der Waals surface area contributed by atoms with Crippen molar-refractivity contribution in [3.05, 3.63) is 77.4 Å². The fourth-order valence-electron chi connectivity index (χ4n) is 3.30. The van der Waals surface area contributed by atoms with Crippen LogP contribution in [0.1, 0.15) is 36.3 Å². The van der Waals surface area contributed by atoms with Crippen LogP contribution in [0.5, 0.6) is 0 Å². The van der Waals surface area contributed by atoms with Crippen LogP contribution in [0.3, 0.4) is 0 Å². The van der Waals surface area contributed by atoms with Gasteiger partial charge in [-0.3, -0.25) is 9.79 Å². The molecule has 2 aromatic heterocycles. The first-order chi connectivity index (χ1) is 16.7. The molecule has 9 heteroatoms. The standard InChI is InChI=1S/C26H25FN4O3S/c1-26(2,33)8-9-29-13-18-11-22(20(12-21(18)28)17-7-10-34-14-17)30-24(32)23-15-35-25(31-23)16-3-5-19(27)6-4-16/h3-7,10-15,33H,8-9,28H2,1-2H3,(H,30,32). The van der Waals surface area contributed by atoms with E-state index in [4.69, 9.17) is 10.2 Å². The molecule has 0 fully saturated rings. The number of rotatable bonds is 8. The topological polar surface area (TPSA) is 114 Å². The molecule has 0 aliphatic carbocycles. The van der Waals surface area contributed by atoms with Crippen molar-refractivity contribution in [3.63, 3.8) is 0 Å². The smallest absolute Gasteiger partial charge is 0.275 e. The van der Waals surface area contributed by atoms with E-state index in [-0.39, 0.29) is 11.5 Å². The van der Waals surface area contributed by atoms with Gasteiger partial charge in [-0.1, -0.05) is 0 Å². The minimum absolute atomic E-state index is 0.240. The number of benzene rings is 2. The third-order valence-electron chi connectivity index (χ3n) is 5.21. The summed E-state index contributed by atoms with van der Waals surface area (Å²) in [5.74, 6) is -0.730. The van der Waals surface area contributed by atoms with E-state index >= 15 is 0 Å². The Labute approximate surface area is 206 Å². The van der Waals surface area contributed by atoms with Gasteiger partial charge in [0.2, 0.25) is 0 Å². The van der Waals surface area contributed by atoms with Gasteiger partial charge in [-0.15, -0.1) is 11.3 Å². The van der Waals surface area contributed by atoms with Gasteiger partial charge in [-0.2, -0.15) is 0 Å². The Bertz CT molecular complexity index is 1340. The lowest BCUT2D eigenvalue weighted by atomic mass is 10.0. The van der Waals surface area contributed by atoms with E-state index in [1.54, 1.807) is 68.3 Å². The highest BCUT2D eigenvalue weighted by molar-refractivity contribution is 7.13. The number of amides is 1. The number of furan rings is 1. The lowest BCUT2D eigenvalue weighted by molar-refractivity contribution is 0.0739. The Balaban J connectivity index is 1.60. The average molecular weight is 493 g/mol. The van der Waals surface area contributed by atoms with Crippen LogP contribution < -0.4 is 11.1 Å². The van der Waals surface area contributed by atoms with Crippen LogP contribution in [0.4, 0.5) is 15.8 Å². The number of carbonyl (C=O) groups excluding carboxylic acids is 1. The summed E-state index contributed by atoms with van der Waals surface area (Å²) in [5.41, 5.74) is 9.50. The van der Waals surface area contributed by atoms with Crippen LogP contribution in [0.25, 0.3) is 21.7 Å². The van der Waals surface area contributed by atoms with Crippen LogP contribution in [-0.2, 0) is 0 Å². The molecule has 2 aromatic carbocycles. The zero-order chi connectivity index (χ0) is 25.0. The van der Waals surface area contributed by atoms with E-state index in [9.17, 15) is 14.3 Å². The first-order valence-corrected chi connectivity index (χ1v) is 11.8. The molecule has 1 amide bonds. The molecule has 0 saturated carbocycles. The zero-order valence-electron chi connectivity index (χ0n) is 19.3. The Morgan fingerprint density at radius 2 is 2.03 bits per heavy atom. The maximum atomic E-state index is 13.2. The van der Waals surface area contributed by atoms with Gasteiger partial charge in [0.1, 0.15) is 16.5 Å². The van der Waals surface area contributed by atoms with E-state index in [1.165, 1.54) is 23.5 Å². The molecule has 4 aromatic rings. The molecular weight excluding hydrogens is 467 g/mol. The van der Waals surface area contributed by atoms with Gasteiger partial charge in [-0.25, -0.2) is 9.37 Å². The van der Waals surface area contributed by atoms with Crippen molar-refractivity contribution in [2.75, 3.05) is 17.6 Å². The monoisotopic (exact) mass is 492 g/mol. The van der Waals surface area contributed by atoms with Crippen LogP contribution in [0.15, 0.2) is 69.8 Å². The molecule has 0 aliphatic heterocycles. The van der Waals surface area contributed by atoms with Gasteiger partial charge in [0.25, 0.3) is 5.91 Å². The van der Waals surface area contributed by atoms with Gasteiger partial charge in [0, 0.05) is 51.8 Å². The lowest BCUT2D eigenvalue weighted by Crippen LogP contribution is -2.19. The van der Waals surface area contributed by atoms with E-state index in [2.05, 4.69) is 15.3 Å². The second-order valence-corrected chi connectivity index (χ2v) is 9.49. The van der Waals surface area contributed by atoms with Crippen molar-refractivity contribution in [3.8, 4) is 21.7 Å². The number of anilines is 2. The van der Waals surface area contributed by atoms with Gasteiger partial charge in [0.05, 0.1) is 18.1 Å². The Morgan fingerprint density at radius 3 is 2.71 bits per heavy atom. The number of nitrogens with one attached hydrogen (secondary N) is 1. The summed E-state index contributed by atoms with van der Waals surface area (Å²) in [6.07, 6.45) is 5.24. The van der Waals surface area contributed by atoms with Crippen molar-refractivity contribution in [1.29, 1.82) is 0 Å². The zero-order valence-corrected chi connectivity index (χ0v) is 20.1. The van der Waals surface area contributed by atoms with E-state index in [1.807, 2.05) is 0 Å². The van der Waals surface area contributed by atoms with Gasteiger partial charge < -0.3 is 20.6 Å². The SMILES string of the molecule is CC(C)(O)CCN=Cc1cc(NC(=O)c2csc(-c3ccc(F)cc3)n2)c(-c2ccoc2)cc1N. The first-order valence-electron chi connectivity index (χ1n) is 10.9. The third kappa shape index (κ3) is 6.20. The highest BCUT2D eigenvalue weighted by Gasteiger charge is 2.17. The number of aliphatic hydroxyl groups is 1. The first kappa shape index (κ1) is 24.3. The molecule has 4 N–H and O–H groups in total. The maximum absolute atomic E-state index is 13.2. The number of nitrogens with two attached hydrogens (primary N) is 1.